The van der Waals surface area contributed by atoms with Crippen molar-refractivity contribution >= 4 is 17.5 Å². The highest BCUT2D eigenvalue weighted by Gasteiger charge is 2.20. The van der Waals surface area contributed by atoms with Gasteiger partial charge in [-0.3, -0.25) is 4.99 Å². The number of nitrogens with zero attached hydrogens (tertiary/aromatic N) is 2. The minimum absolute atomic E-state index is 0.000578. The van der Waals surface area contributed by atoms with Gasteiger partial charge in [-0.1, -0.05) is 50.8 Å². The fraction of sp³-hybridized carbons (Fsp3) is 0.345. The molecule has 0 aliphatic heterocycles. The van der Waals surface area contributed by atoms with Gasteiger partial charge >= 0.3 is 6.03 Å². The lowest BCUT2D eigenvalue weighted by atomic mass is 10.0. The first-order valence-electron chi connectivity index (χ1n) is 12.5. The topological polar surface area (TPSA) is 113 Å². The van der Waals surface area contributed by atoms with Crippen LogP contribution in [0.3, 0.4) is 0 Å². The van der Waals surface area contributed by atoms with Crippen LogP contribution < -0.4 is 16.0 Å². The van der Waals surface area contributed by atoms with Crippen LogP contribution in [0.4, 0.5) is 9.18 Å². The molecule has 38 heavy (non-hydrogen) atoms. The molecule has 0 bridgehead atoms. The van der Waals surface area contributed by atoms with Crippen LogP contribution in [0, 0.1) is 11.3 Å². The summed E-state index contributed by atoms with van der Waals surface area (Å²) in [6.45, 7) is 17.7. The van der Waals surface area contributed by atoms with E-state index in [1.54, 1.807) is 6.08 Å². The van der Waals surface area contributed by atoms with Gasteiger partial charge in [-0.2, -0.15) is 0 Å². The van der Waals surface area contributed by atoms with Gasteiger partial charge in [0.2, 0.25) is 0 Å². The molecule has 0 saturated carbocycles. The lowest BCUT2D eigenvalue weighted by molar-refractivity contribution is 0.220. The van der Waals surface area contributed by atoms with E-state index in [0.717, 1.165) is 18.2 Å². The first kappa shape index (κ1) is 31.9. The number of allylic oxidation sites excluding steroid dienone is 7. The summed E-state index contributed by atoms with van der Waals surface area (Å²) in [5.74, 6) is 0.259. The van der Waals surface area contributed by atoms with Gasteiger partial charge in [0.1, 0.15) is 17.9 Å². The van der Waals surface area contributed by atoms with Gasteiger partial charge in [0.25, 0.3) is 0 Å². The van der Waals surface area contributed by atoms with Crippen LogP contribution in [-0.4, -0.2) is 40.7 Å². The lowest BCUT2D eigenvalue weighted by Gasteiger charge is -2.27. The van der Waals surface area contributed by atoms with Gasteiger partial charge in [-0.15, -0.1) is 0 Å². The summed E-state index contributed by atoms with van der Waals surface area (Å²) in [6, 6.07) is -0.478. The van der Waals surface area contributed by atoms with Gasteiger partial charge in [0, 0.05) is 23.4 Å². The Bertz CT molecular complexity index is 1110. The number of nitrogens with one attached hydrogen (secondary N) is 4. The summed E-state index contributed by atoms with van der Waals surface area (Å²) < 4.78 is 12.4. The number of aliphatic hydroxyl groups excluding tert-OH is 1. The molecule has 1 unspecified atom stereocenters. The van der Waals surface area contributed by atoms with Crippen molar-refractivity contribution in [2.45, 2.75) is 47.5 Å². The molecule has 8 nitrogen and oxygen atoms in total. The zero-order chi connectivity index (χ0) is 28.7. The van der Waals surface area contributed by atoms with Crippen molar-refractivity contribution in [2.75, 3.05) is 13.2 Å². The van der Waals surface area contributed by atoms with Crippen molar-refractivity contribution < 1.29 is 14.3 Å². The second kappa shape index (κ2) is 16.6. The molecule has 0 saturated heterocycles. The number of carbonyl (C=O) groups is 1. The fourth-order valence-electron chi connectivity index (χ4n) is 3.35. The summed E-state index contributed by atoms with van der Waals surface area (Å²) in [7, 11) is 0. The van der Waals surface area contributed by atoms with Gasteiger partial charge < -0.3 is 26.5 Å². The van der Waals surface area contributed by atoms with Crippen molar-refractivity contribution in [2.24, 2.45) is 10.9 Å². The van der Waals surface area contributed by atoms with Gasteiger partial charge in [-0.25, -0.2) is 14.1 Å². The van der Waals surface area contributed by atoms with E-state index in [2.05, 4.69) is 47.1 Å². The molecular weight excluding hydrogens is 483 g/mol. The zero-order valence-electron chi connectivity index (χ0n) is 23.1. The summed E-state index contributed by atoms with van der Waals surface area (Å²) in [5.41, 5.74) is 3.96. The second-order valence-electron chi connectivity index (χ2n) is 8.76. The molecule has 0 heterocycles. The van der Waals surface area contributed by atoms with E-state index in [4.69, 9.17) is 5.41 Å². The number of carbonyl (C=O) groups excluding carboxylic acids is 1. The third-order valence-corrected chi connectivity index (χ3v) is 5.73. The van der Waals surface area contributed by atoms with E-state index in [1.165, 1.54) is 22.6 Å². The quantitative estimate of drug-likeness (QED) is 0.111. The van der Waals surface area contributed by atoms with Crippen molar-refractivity contribution in [3.8, 4) is 0 Å². The van der Waals surface area contributed by atoms with E-state index in [0.29, 0.717) is 35.6 Å². The van der Waals surface area contributed by atoms with Crippen LogP contribution in [0.25, 0.3) is 0 Å². The molecule has 1 aliphatic carbocycles. The number of rotatable bonds is 13. The SMILES string of the molecule is C=C/C(CNC(=O)N(C(=C)NCNC1=CCC(C)C(=N)C=C1O)C(/C=C(C)\C=C(/C)CC)=C/C)=N\C=C\F. The number of hydrogen-bond acceptors (Lipinski definition) is 6. The van der Waals surface area contributed by atoms with Gasteiger partial charge in [-0.05, 0) is 51.3 Å². The standard InChI is InChI=1S/C29H41FN6O2/c1-8-20(4)15-21(5)16-25(10-3)36(29(38)33-18-24(9-2)32-14-13-30)23(7)34-19-35-27-12-11-22(6)26(31)17-28(27)37/h9-10,12-17,22,31,34-35,37H,2,7-8,11,18-19H2,1,3-6H3,(H,33,38)/b14-13+,20-15+,21-16-,25-10+,31-26?,32-24+. The Hall–Kier alpha value is -4.14. The molecule has 0 aromatic heterocycles. The van der Waals surface area contributed by atoms with E-state index in [9.17, 15) is 14.3 Å². The van der Waals surface area contributed by atoms with E-state index in [1.807, 2.05) is 39.8 Å². The molecule has 0 fully saturated rings. The summed E-state index contributed by atoms with van der Waals surface area (Å²) >= 11 is 0. The molecule has 0 aromatic carbocycles. The molecule has 9 heteroatoms. The first-order chi connectivity index (χ1) is 18.1. The molecule has 206 valence electrons. The van der Waals surface area contributed by atoms with Crippen molar-refractivity contribution in [1.82, 2.24) is 20.9 Å². The van der Waals surface area contributed by atoms with Crippen molar-refractivity contribution in [1.29, 1.82) is 5.41 Å². The zero-order valence-corrected chi connectivity index (χ0v) is 23.1. The number of aliphatic hydroxyl groups is 1. The largest absolute Gasteiger partial charge is 0.506 e. The maximum absolute atomic E-state index is 13.3. The number of aliphatic imine (C=N–C) groups is 1. The minimum Gasteiger partial charge on any atom is -0.506 e. The lowest BCUT2D eigenvalue weighted by Crippen LogP contribution is -2.44. The predicted octanol–water partition coefficient (Wildman–Crippen LogP) is 6.27. The Morgan fingerprint density at radius 2 is 2.05 bits per heavy atom. The fourth-order valence-corrected chi connectivity index (χ4v) is 3.35. The van der Waals surface area contributed by atoms with Crippen LogP contribution in [0.15, 0.2) is 101 Å². The van der Waals surface area contributed by atoms with Crippen LogP contribution in [0.2, 0.25) is 0 Å². The monoisotopic (exact) mass is 524 g/mol. The Balaban J connectivity index is 3.15. The highest BCUT2D eigenvalue weighted by atomic mass is 19.1. The highest BCUT2D eigenvalue weighted by Crippen LogP contribution is 2.18. The molecule has 2 amide bonds. The van der Waals surface area contributed by atoms with Crippen LogP contribution in [0.1, 0.15) is 47.5 Å². The average Bonchev–Trinajstić information content (AvgIpc) is 3.00. The normalized spacial score (nSPS) is 17.4. The Labute approximate surface area is 226 Å². The maximum atomic E-state index is 13.3. The van der Waals surface area contributed by atoms with E-state index < -0.39 is 6.03 Å². The predicted molar refractivity (Wildman–Crippen MR) is 155 cm³/mol. The molecule has 1 rings (SSSR count). The number of hydrogen-bond donors (Lipinski definition) is 5. The van der Waals surface area contributed by atoms with Crippen LogP contribution in [0.5, 0.6) is 0 Å². The average molecular weight is 525 g/mol. The Morgan fingerprint density at radius 1 is 1.34 bits per heavy atom. The molecule has 1 aliphatic rings. The number of amides is 2. The van der Waals surface area contributed by atoms with Gasteiger partial charge in [0.15, 0.2) is 0 Å². The van der Waals surface area contributed by atoms with E-state index >= 15 is 0 Å². The first-order valence-corrected chi connectivity index (χ1v) is 12.5. The highest BCUT2D eigenvalue weighted by molar-refractivity contribution is 5.98. The minimum atomic E-state index is -0.478. The Kier molecular flexibility index (Phi) is 13.9. The smallest absolute Gasteiger partial charge is 0.327 e. The third kappa shape index (κ3) is 10.5. The van der Waals surface area contributed by atoms with Gasteiger partial charge in [0.05, 0.1) is 30.8 Å². The summed E-state index contributed by atoms with van der Waals surface area (Å²) in [4.78, 5) is 18.6. The third-order valence-electron chi connectivity index (χ3n) is 5.73. The summed E-state index contributed by atoms with van der Waals surface area (Å²) in [6.07, 6.45) is 13.2. The van der Waals surface area contributed by atoms with Crippen molar-refractivity contribution in [3.63, 3.8) is 0 Å². The van der Waals surface area contributed by atoms with Crippen LogP contribution >= 0.6 is 0 Å². The van der Waals surface area contributed by atoms with Crippen molar-refractivity contribution in [3.05, 3.63) is 96.3 Å². The Morgan fingerprint density at radius 3 is 2.66 bits per heavy atom. The van der Waals surface area contributed by atoms with Crippen LogP contribution in [-0.2, 0) is 0 Å². The molecule has 5 N–H and O–H groups in total. The summed E-state index contributed by atoms with van der Waals surface area (Å²) in [5, 5.41) is 27.2. The molecule has 0 aromatic rings. The maximum Gasteiger partial charge on any atom is 0.327 e. The molecule has 1 atom stereocenters. The molecule has 0 radical (unpaired) electrons. The molecular formula is C29H41FN6O2. The second-order valence-corrected chi connectivity index (χ2v) is 8.76. The van der Waals surface area contributed by atoms with E-state index in [-0.39, 0.29) is 30.7 Å². The number of urea groups is 1. The number of halogens is 1. The molecule has 0 spiro atoms.